The Morgan fingerprint density at radius 2 is 1.78 bits per heavy atom. The lowest BCUT2D eigenvalue weighted by molar-refractivity contribution is 0.0775. The van der Waals surface area contributed by atoms with Gasteiger partial charge in [0, 0.05) is 26.7 Å². The molecule has 0 unspecified atom stereocenters. The van der Waals surface area contributed by atoms with Crippen molar-refractivity contribution < 1.29 is 27.4 Å². The van der Waals surface area contributed by atoms with Gasteiger partial charge in [-0.2, -0.15) is 4.31 Å². The Hall–Kier alpha value is -2.00. The monoisotopic (exact) mass is 396 g/mol. The van der Waals surface area contributed by atoms with E-state index >= 15 is 0 Å². The van der Waals surface area contributed by atoms with Crippen molar-refractivity contribution in [3.8, 4) is 17.2 Å². The van der Waals surface area contributed by atoms with Crippen molar-refractivity contribution in [2.24, 2.45) is 5.92 Å². The third-order valence-electron chi connectivity index (χ3n) is 5.63. The van der Waals surface area contributed by atoms with Gasteiger partial charge in [0.1, 0.15) is 4.90 Å². The van der Waals surface area contributed by atoms with Crippen molar-refractivity contribution >= 4 is 15.9 Å². The van der Waals surface area contributed by atoms with Crippen LogP contribution in [0.3, 0.4) is 0 Å². The third kappa shape index (κ3) is 2.75. The Kier molecular flexibility index (Phi) is 4.46. The Bertz CT molecular complexity index is 890. The fourth-order valence-corrected chi connectivity index (χ4v) is 5.83. The summed E-state index contributed by atoms with van der Waals surface area (Å²) in [5, 5.41) is 0. The van der Waals surface area contributed by atoms with E-state index in [1.54, 1.807) is 11.9 Å². The van der Waals surface area contributed by atoms with Crippen molar-refractivity contribution in [1.29, 1.82) is 0 Å². The van der Waals surface area contributed by atoms with E-state index in [2.05, 4.69) is 6.92 Å². The van der Waals surface area contributed by atoms with Crippen LogP contribution in [0.1, 0.15) is 35.7 Å². The van der Waals surface area contributed by atoms with Crippen molar-refractivity contribution in [3.05, 3.63) is 11.1 Å². The fraction of sp³-hybridized carbons (Fsp3) is 0.611. The number of piperidine rings is 1. The molecule has 1 aromatic rings. The molecule has 1 fully saturated rings. The molecule has 0 aliphatic carbocycles. The average molecular weight is 396 g/mol. The van der Waals surface area contributed by atoms with Crippen LogP contribution < -0.4 is 14.2 Å². The number of ether oxygens (including phenoxy) is 3. The second kappa shape index (κ2) is 6.56. The highest BCUT2D eigenvalue weighted by atomic mass is 32.2. The van der Waals surface area contributed by atoms with Crippen LogP contribution in [-0.2, 0) is 16.4 Å². The van der Waals surface area contributed by atoms with E-state index in [1.807, 2.05) is 0 Å². The van der Waals surface area contributed by atoms with Gasteiger partial charge in [0.2, 0.25) is 22.6 Å². The van der Waals surface area contributed by atoms with Crippen molar-refractivity contribution in [1.82, 2.24) is 9.21 Å². The molecule has 3 heterocycles. The second-order valence-corrected chi connectivity index (χ2v) is 9.22. The molecule has 0 radical (unpaired) electrons. The molecule has 0 spiro atoms. The number of amides is 1. The van der Waals surface area contributed by atoms with E-state index in [-0.39, 0.29) is 40.4 Å². The molecule has 0 bridgehead atoms. The molecular weight excluding hydrogens is 372 g/mol. The molecule has 1 amide bonds. The largest absolute Gasteiger partial charge is 0.492 e. The molecular formula is C18H24N2O6S. The predicted molar refractivity (Wildman–Crippen MR) is 96.9 cm³/mol. The lowest BCUT2D eigenvalue weighted by atomic mass is 9.97. The highest BCUT2D eigenvalue weighted by Gasteiger charge is 2.43. The number of sulfonamides is 1. The highest BCUT2D eigenvalue weighted by molar-refractivity contribution is 7.89. The summed E-state index contributed by atoms with van der Waals surface area (Å²) in [5.41, 5.74) is 0.734. The average Bonchev–Trinajstić information content (AvgIpc) is 3.12. The van der Waals surface area contributed by atoms with E-state index < -0.39 is 10.0 Å². The molecule has 4 rings (SSSR count). The SMILES string of the molecule is COc1c2c(c(S(=O)(=O)N3CCC(C)CC3)c3c1C(=O)N(C)CC3)OCO2. The lowest BCUT2D eigenvalue weighted by Crippen LogP contribution is -2.40. The van der Waals surface area contributed by atoms with Crippen molar-refractivity contribution in [2.45, 2.75) is 31.1 Å². The van der Waals surface area contributed by atoms with Gasteiger partial charge in [-0.3, -0.25) is 4.79 Å². The molecule has 0 atom stereocenters. The van der Waals surface area contributed by atoms with E-state index in [4.69, 9.17) is 14.2 Å². The topological polar surface area (TPSA) is 85.4 Å². The van der Waals surface area contributed by atoms with E-state index in [9.17, 15) is 13.2 Å². The van der Waals surface area contributed by atoms with Gasteiger partial charge >= 0.3 is 0 Å². The Balaban J connectivity index is 1.94. The van der Waals surface area contributed by atoms with Crippen molar-refractivity contribution in [3.63, 3.8) is 0 Å². The van der Waals surface area contributed by atoms with Crippen LogP contribution in [0.2, 0.25) is 0 Å². The van der Waals surface area contributed by atoms with Gasteiger partial charge in [-0.25, -0.2) is 8.42 Å². The summed E-state index contributed by atoms with van der Waals surface area (Å²) in [7, 11) is -0.682. The van der Waals surface area contributed by atoms with Crippen LogP contribution in [-0.4, -0.2) is 64.1 Å². The zero-order valence-electron chi connectivity index (χ0n) is 15.8. The number of methoxy groups -OCH3 is 1. The summed E-state index contributed by atoms with van der Waals surface area (Å²) < 4.78 is 45.1. The maximum atomic E-state index is 13.5. The summed E-state index contributed by atoms with van der Waals surface area (Å²) in [6.45, 7) is 3.40. The zero-order chi connectivity index (χ0) is 19.3. The van der Waals surface area contributed by atoms with Crippen LogP contribution in [0.5, 0.6) is 17.2 Å². The standard InChI is InChI=1S/C18H24N2O6S/c1-11-4-8-20(9-5-11)27(22,23)17-12-6-7-19(2)18(21)13(12)14(24-3)15-16(17)26-10-25-15/h11H,4-10H2,1-3H3. The van der Waals surface area contributed by atoms with Gasteiger partial charge in [-0.15, -0.1) is 0 Å². The van der Waals surface area contributed by atoms with Gasteiger partial charge in [-0.05, 0) is 30.7 Å². The molecule has 3 aliphatic heterocycles. The molecule has 9 heteroatoms. The minimum atomic E-state index is -3.82. The Labute approximate surface area is 159 Å². The number of carbonyl (C=O) groups is 1. The number of carbonyl (C=O) groups excluding carboxylic acids is 1. The molecule has 0 aromatic heterocycles. The van der Waals surface area contributed by atoms with Crippen molar-refractivity contribution in [2.75, 3.05) is 40.6 Å². The summed E-state index contributed by atoms with van der Waals surface area (Å²) in [6.07, 6.45) is 2.06. The number of hydrogen-bond donors (Lipinski definition) is 0. The van der Waals surface area contributed by atoms with E-state index in [0.717, 1.165) is 12.8 Å². The lowest BCUT2D eigenvalue weighted by Gasteiger charge is -2.33. The number of fused-ring (bicyclic) bond motifs is 2. The maximum Gasteiger partial charge on any atom is 0.257 e. The third-order valence-corrected chi connectivity index (χ3v) is 7.62. The first-order valence-corrected chi connectivity index (χ1v) is 10.6. The number of benzene rings is 1. The highest BCUT2D eigenvalue weighted by Crippen LogP contribution is 2.51. The number of likely N-dealkylation sites (N-methyl/N-ethyl adjacent to an activating group) is 1. The molecule has 3 aliphatic rings. The normalized spacial score (nSPS) is 20.7. The van der Waals surface area contributed by atoms with E-state index in [0.29, 0.717) is 37.5 Å². The Morgan fingerprint density at radius 3 is 2.44 bits per heavy atom. The van der Waals surface area contributed by atoms with Gasteiger partial charge < -0.3 is 19.1 Å². The first-order valence-electron chi connectivity index (χ1n) is 9.14. The summed E-state index contributed by atoms with van der Waals surface area (Å²) in [6, 6.07) is 0. The number of hydrogen-bond acceptors (Lipinski definition) is 6. The van der Waals surface area contributed by atoms with Gasteiger partial charge in [0.15, 0.2) is 11.5 Å². The van der Waals surface area contributed by atoms with E-state index in [1.165, 1.54) is 11.4 Å². The molecule has 1 aromatic carbocycles. The first-order chi connectivity index (χ1) is 12.9. The minimum absolute atomic E-state index is 0.0711. The van der Waals surface area contributed by atoms with Gasteiger partial charge in [-0.1, -0.05) is 6.92 Å². The molecule has 27 heavy (non-hydrogen) atoms. The first kappa shape index (κ1) is 18.4. The minimum Gasteiger partial charge on any atom is -0.492 e. The maximum absolute atomic E-state index is 13.5. The van der Waals surface area contributed by atoms with Crippen LogP contribution in [0.25, 0.3) is 0 Å². The Morgan fingerprint density at radius 1 is 1.11 bits per heavy atom. The van der Waals surface area contributed by atoms with Crippen LogP contribution in [0.15, 0.2) is 4.90 Å². The second-order valence-electron chi connectivity index (χ2n) is 7.34. The number of rotatable bonds is 3. The summed E-state index contributed by atoms with van der Waals surface area (Å²) in [4.78, 5) is 14.5. The van der Waals surface area contributed by atoms with Gasteiger partial charge in [0.25, 0.3) is 5.91 Å². The summed E-state index contributed by atoms with van der Waals surface area (Å²) in [5.74, 6) is 0.850. The number of nitrogens with zero attached hydrogens (tertiary/aromatic N) is 2. The summed E-state index contributed by atoms with van der Waals surface area (Å²) >= 11 is 0. The smallest absolute Gasteiger partial charge is 0.257 e. The fourth-order valence-electron chi connectivity index (χ4n) is 3.98. The molecule has 8 nitrogen and oxygen atoms in total. The molecule has 148 valence electrons. The van der Waals surface area contributed by atoms with Crippen LogP contribution in [0.4, 0.5) is 0 Å². The zero-order valence-corrected chi connectivity index (χ0v) is 16.6. The quantitative estimate of drug-likeness (QED) is 0.769. The predicted octanol–water partition coefficient (Wildman–Crippen LogP) is 1.47. The molecule has 1 saturated heterocycles. The van der Waals surface area contributed by atoms with Gasteiger partial charge in [0.05, 0.1) is 12.7 Å². The molecule has 0 N–H and O–H groups in total. The molecule has 0 saturated carbocycles. The van der Waals surface area contributed by atoms with Crippen LogP contribution >= 0.6 is 0 Å². The van der Waals surface area contributed by atoms with Crippen LogP contribution in [0, 0.1) is 5.92 Å².